The molecule has 1 aromatic carbocycles. The number of carbonyl (C=O) groups excluding carboxylic acids is 1. The van der Waals surface area contributed by atoms with Crippen molar-refractivity contribution in [3.63, 3.8) is 0 Å². The number of rotatable bonds is 6. The standard InChI is InChI=1S/C21H24N4O2/c1-13-4-6-15(7-5-13)8-11-22-19(26)16-14(2)27-20-17(16)18(23-12-24-20)25-21(3)9-10-21/h4-7,12H,8-11H2,1-3H3,(H,22,26)(H,23,24,25). The largest absolute Gasteiger partial charge is 0.442 e. The van der Waals surface area contributed by atoms with Crippen LogP contribution in [0.15, 0.2) is 35.0 Å². The molecule has 2 heterocycles. The van der Waals surface area contributed by atoms with Gasteiger partial charge < -0.3 is 15.1 Å². The molecule has 0 aliphatic heterocycles. The number of hydrogen-bond donors (Lipinski definition) is 2. The average Bonchev–Trinajstić information content (AvgIpc) is 3.25. The number of benzene rings is 1. The fraction of sp³-hybridized carbons (Fsp3) is 0.381. The lowest BCUT2D eigenvalue weighted by Gasteiger charge is -2.13. The van der Waals surface area contributed by atoms with Crippen LogP contribution >= 0.6 is 0 Å². The molecule has 1 aliphatic carbocycles. The molecule has 4 rings (SSSR count). The molecule has 1 fully saturated rings. The van der Waals surface area contributed by atoms with Gasteiger partial charge in [0.15, 0.2) is 0 Å². The number of hydrogen-bond acceptors (Lipinski definition) is 5. The second-order valence-corrected chi connectivity index (χ2v) is 7.61. The Morgan fingerprint density at radius 1 is 1.19 bits per heavy atom. The Labute approximate surface area is 158 Å². The van der Waals surface area contributed by atoms with Gasteiger partial charge in [0.25, 0.3) is 5.91 Å². The van der Waals surface area contributed by atoms with Gasteiger partial charge in [-0.25, -0.2) is 9.97 Å². The minimum Gasteiger partial charge on any atom is -0.442 e. The number of carbonyl (C=O) groups is 1. The molecule has 6 nitrogen and oxygen atoms in total. The number of amides is 1. The van der Waals surface area contributed by atoms with Crippen LogP contribution < -0.4 is 10.6 Å². The van der Waals surface area contributed by atoms with Crippen molar-refractivity contribution in [1.82, 2.24) is 15.3 Å². The number of aromatic nitrogens is 2. The maximum Gasteiger partial charge on any atom is 0.255 e. The van der Waals surface area contributed by atoms with E-state index >= 15 is 0 Å². The highest BCUT2D eigenvalue weighted by Gasteiger charge is 2.38. The number of furan rings is 1. The zero-order valence-corrected chi connectivity index (χ0v) is 15.9. The third-order valence-electron chi connectivity index (χ3n) is 5.13. The first-order valence-corrected chi connectivity index (χ1v) is 9.31. The summed E-state index contributed by atoms with van der Waals surface area (Å²) in [6.45, 7) is 6.56. The Morgan fingerprint density at radius 2 is 1.93 bits per heavy atom. The fourth-order valence-corrected chi connectivity index (χ4v) is 3.17. The topological polar surface area (TPSA) is 80.1 Å². The highest BCUT2D eigenvalue weighted by atomic mass is 16.3. The van der Waals surface area contributed by atoms with E-state index in [1.54, 1.807) is 6.92 Å². The second-order valence-electron chi connectivity index (χ2n) is 7.61. The molecular weight excluding hydrogens is 340 g/mol. The van der Waals surface area contributed by atoms with Crippen molar-refractivity contribution in [2.75, 3.05) is 11.9 Å². The van der Waals surface area contributed by atoms with Gasteiger partial charge in [-0.2, -0.15) is 0 Å². The fourth-order valence-electron chi connectivity index (χ4n) is 3.17. The molecule has 0 radical (unpaired) electrons. The quantitative estimate of drug-likeness (QED) is 0.696. The summed E-state index contributed by atoms with van der Waals surface area (Å²) in [5, 5.41) is 7.11. The predicted molar refractivity (Wildman–Crippen MR) is 105 cm³/mol. The molecule has 0 unspecified atom stereocenters. The Balaban J connectivity index is 1.54. The lowest BCUT2D eigenvalue weighted by molar-refractivity contribution is 0.0954. The molecule has 6 heteroatoms. The van der Waals surface area contributed by atoms with Gasteiger partial charge in [-0.1, -0.05) is 29.8 Å². The number of anilines is 1. The van der Waals surface area contributed by atoms with Crippen molar-refractivity contribution < 1.29 is 9.21 Å². The van der Waals surface area contributed by atoms with E-state index in [2.05, 4.69) is 58.7 Å². The van der Waals surface area contributed by atoms with Gasteiger partial charge in [-0.05, 0) is 45.6 Å². The first kappa shape index (κ1) is 17.5. The summed E-state index contributed by atoms with van der Waals surface area (Å²) < 4.78 is 5.72. The summed E-state index contributed by atoms with van der Waals surface area (Å²) in [7, 11) is 0. The van der Waals surface area contributed by atoms with Crippen LogP contribution in [-0.4, -0.2) is 28.0 Å². The molecule has 0 saturated heterocycles. The summed E-state index contributed by atoms with van der Waals surface area (Å²) in [6.07, 6.45) is 4.43. The van der Waals surface area contributed by atoms with Crippen molar-refractivity contribution in [2.45, 2.75) is 45.6 Å². The molecule has 140 valence electrons. The smallest absolute Gasteiger partial charge is 0.255 e. The lowest BCUT2D eigenvalue weighted by atomic mass is 10.1. The van der Waals surface area contributed by atoms with E-state index in [9.17, 15) is 4.79 Å². The summed E-state index contributed by atoms with van der Waals surface area (Å²) in [4.78, 5) is 21.4. The van der Waals surface area contributed by atoms with Crippen LogP contribution in [0.1, 0.15) is 47.0 Å². The van der Waals surface area contributed by atoms with Crippen LogP contribution in [-0.2, 0) is 6.42 Å². The zero-order chi connectivity index (χ0) is 19.0. The normalized spacial score (nSPS) is 14.9. The molecule has 0 bridgehead atoms. The monoisotopic (exact) mass is 364 g/mol. The van der Waals surface area contributed by atoms with Crippen LogP contribution in [0.5, 0.6) is 0 Å². The predicted octanol–water partition coefficient (Wildman–Crippen LogP) is 3.78. The second kappa shape index (κ2) is 6.68. The van der Waals surface area contributed by atoms with Crippen LogP contribution in [0, 0.1) is 13.8 Å². The molecule has 27 heavy (non-hydrogen) atoms. The van der Waals surface area contributed by atoms with Gasteiger partial charge in [-0.15, -0.1) is 0 Å². The minimum atomic E-state index is -0.155. The van der Waals surface area contributed by atoms with Gasteiger partial charge in [0.1, 0.15) is 17.9 Å². The third-order valence-corrected chi connectivity index (χ3v) is 5.13. The van der Waals surface area contributed by atoms with Crippen LogP contribution in [0.3, 0.4) is 0 Å². The molecule has 2 aromatic heterocycles. The van der Waals surface area contributed by atoms with Crippen molar-refractivity contribution >= 4 is 22.8 Å². The van der Waals surface area contributed by atoms with Crippen molar-refractivity contribution in [3.8, 4) is 0 Å². The number of fused-ring (bicyclic) bond motifs is 1. The Kier molecular flexibility index (Phi) is 4.34. The van der Waals surface area contributed by atoms with Crippen LogP contribution in [0.25, 0.3) is 11.1 Å². The highest BCUT2D eigenvalue weighted by Crippen LogP contribution is 2.40. The Morgan fingerprint density at radius 3 is 2.63 bits per heavy atom. The Bertz CT molecular complexity index is 987. The van der Waals surface area contributed by atoms with Crippen molar-refractivity contribution in [2.24, 2.45) is 0 Å². The maximum absolute atomic E-state index is 12.9. The molecule has 0 spiro atoms. The van der Waals surface area contributed by atoms with Crippen LogP contribution in [0.4, 0.5) is 5.82 Å². The lowest BCUT2D eigenvalue weighted by Crippen LogP contribution is -2.26. The number of aryl methyl sites for hydroxylation is 2. The van der Waals surface area contributed by atoms with Gasteiger partial charge in [0, 0.05) is 12.1 Å². The van der Waals surface area contributed by atoms with E-state index < -0.39 is 0 Å². The van der Waals surface area contributed by atoms with E-state index in [4.69, 9.17) is 4.42 Å². The first-order valence-electron chi connectivity index (χ1n) is 9.31. The Hall–Kier alpha value is -2.89. The molecule has 2 N–H and O–H groups in total. The van der Waals surface area contributed by atoms with E-state index in [0.717, 1.165) is 19.3 Å². The number of nitrogens with one attached hydrogen (secondary N) is 2. The molecule has 0 atom stereocenters. The molecule has 1 saturated carbocycles. The van der Waals surface area contributed by atoms with Crippen LogP contribution in [0.2, 0.25) is 0 Å². The summed E-state index contributed by atoms with van der Waals surface area (Å²) in [5.41, 5.74) is 3.43. The van der Waals surface area contributed by atoms with Gasteiger partial charge in [0.2, 0.25) is 5.71 Å². The number of nitrogens with zero attached hydrogens (tertiary/aromatic N) is 2. The third kappa shape index (κ3) is 3.65. The van der Waals surface area contributed by atoms with Crippen molar-refractivity contribution in [3.05, 3.63) is 53.0 Å². The maximum atomic E-state index is 12.9. The molecule has 3 aromatic rings. The van der Waals surface area contributed by atoms with Gasteiger partial charge in [0.05, 0.1) is 10.9 Å². The van der Waals surface area contributed by atoms with Gasteiger partial charge in [-0.3, -0.25) is 4.79 Å². The van der Waals surface area contributed by atoms with Crippen molar-refractivity contribution in [1.29, 1.82) is 0 Å². The van der Waals surface area contributed by atoms with E-state index in [-0.39, 0.29) is 11.4 Å². The molecular formula is C21H24N4O2. The van der Waals surface area contributed by atoms with E-state index in [1.807, 2.05) is 0 Å². The van der Waals surface area contributed by atoms with E-state index in [0.29, 0.717) is 34.8 Å². The molecule has 1 aliphatic rings. The zero-order valence-electron chi connectivity index (χ0n) is 15.9. The highest BCUT2D eigenvalue weighted by molar-refractivity contribution is 6.10. The summed E-state index contributed by atoms with van der Waals surface area (Å²) in [5.74, 6) is 1.07. The average molecular weight is 364 g/mol. The summed E-state index contributed by atoms with van der Waals surface area (Å²) >= 11 is 0. The first-order chi connectivity index (χ1) is 13.0. The minimum absolute atomic E-state index is 0.0473. The van der Waals surface area contributed by atoms with E-state index in [1.165, 1.54) is 17.5 Å². The SMILES string of the molecule is Cc1ccc(CCNC(=O)c2c(C)oc3ncnc(NC4(C)CC4)c23)cc1. The molecule has 1 amide bonds. The van der Waals surface area contributed by atoms with Gasteiger partial charge >= 0.3 is 0 Å². The summed E-state index contributed by atoms with van der Waals surface area (Å²) in [6, 6.07) is 8.34.